The maximum absolute atomic E-state index is 13.0. The van der Waals surface area contributed by atoms with Crippen LogP contribution in [0.1, 0.15) is 12.0 Å². The lowest BCUT2D eigenvalue weighted by Gasteiger charge is -2.21. The van der Waals surface area contributed by atoms with Crippen molar-refractivity contribution in [2.45, 2.75) is 12.8 Å². The molecule has 0 aromatic heterocycles. The Morgan fingerprint density at radius 2 is 1.64 bits per heavy atom. The molecular formula is C25H25Cl3N2O3. The number of ether oxygens (including phenoxy) is 1. The number of carbonyl (C=O) groups excluding carboxylic acids is 2. The fourth-order valence-electron chi connectivity index (χ4n) is 4.81. The summed E-state index contributed by atoms with van der Waals surface area (Å²) in [6.45, 7) is 6.32. The minimum absolute atomic E-state index is 0.0336. The van der Waals surface area contributed by atoms with Crippen LogP contribution in [0.5, 0.6) is 5.75 Å². The molecule has 2 unspecified atom stereocenters. The number of rotatable bonds is 6. The molecule has 2 amide bonds. The number of hydrogen-bond donors (Lipinski definition) is 0. The monoisotopic (exact) mass is 506 g/mol. The molecule has 2 atom stereocenters. The number of likely N-dealkylation sites (tertiary alicyclic amines) is 2. The summed E-state index contributed by atoms with van der Waals surface area (Å²) in [5.74, 6) is 1.38. The van der Waals surface area contributed by atoms with E-state index in [1.54, 1.807) is 25.3 Å². The molecule has 2 aromatic carbocycles. The number of methoxy groups -OCH3 is 1. The molecule has 4 rings (SSSR count). The van der Waals surface area contributed by atoms with E-state index in [-0.39, 0.29) is 11.8 Å². The van der Waals surface area contributed by atoms with Gasteiger partial charge in [0.25, 0.3) is 0 Å². The third-order valence-corrected chi connectivity index (χ3v) is 7.39. The van der Waals surface area contributed by atoms with Gasteiger partial charge in [0, 0.05) is 65.6 Å². The van der Waals surface area contributed by atoms with Gasteiger partial charge in [-0.3, -0.25) is 9.59 Å². The lowest BCUT2D eigenvalue weighted by molar-refractivity contribution is -0.130. The van der Waals surface area contributed by atoms with Gasteiger partial charge in [-0.15, -0.1) is 0 Å². The van der Waals surface area contributed by atoms with Gasteiger partial charge in [-0.1, -0.05) is 47.4 Å². The molecule has 0 radical (unpaired) electrons. The van der Waals surface area contributed by atoms with Crippen LogP contribution in [0.2, 0.25) is 15.1 Å². The van der Waals surface area contributed by atoms with Crippen LogP contribution in [0.3, 0.4) is 0 Å². The van der Waals surface area contributed by atoms with Gasteiger partial charge in [-0.2, -0.15) is 0 Å². The van der Waals surface area contributed by atoms with Crippen LogP contribution in [-0.4, -0.2) is 54.9 Å². The lowest BCUT2D eigenvalue weighted by Crippen LogP contribution is -2.35. The van der Waals surface area contributed by atoms with Gasteiger partial charge in [0.15, 0.2) is 0 Å². The Morgan fingerprint density at radius 1 is 1.00 bits per heavy atom. The first-order chi connectivity index (χ1) is 15.8. The van der Waals surface area contributed by atoms with Gasteiger partial charge in [0.2, 0.25) is 11.8 Å². The normalized spacial score (nSPS) is 19.5. The van der Waals surface area contributed by atoms with Crippen molar-refractivity contribution in [3.63, 3.8) is 0 Å². The number of fused-ring (bicyclic) bond motifs is 1. The van der Waals surface area contributed by atoms with Crippen LogP contribution >= 0.6 is 34.8 Å². The smallest absolute Gasteiger partial charge is 0.245 e. The highest BCUT2D eigenvalue weighted by Gasteiger charge is 2.42. The SMILES string of the molecule is C=CC(=O)N1CC2CN(C(=O)CCc3cc(-c4ccc(Cl)cc4Cl)c(Cl)cc3OC)CC2C1. The van der Waals surface area contributed by atoms with Crippen LogP contribution < -0.4 is 4.74 Å². The molecule has 0 spiro atoms. The Morgan fingerprint density at radius 3 is 2.24 bits per heavy atom. The van der Waals surface area contributed by atoms with E-state index >= 15 is 0 Å². The predicted octanol–water partition coefficient (Wildman–Crippen LogP) is 5.36. The summed E-state index contributed by atoms with van der Waals surface area (Å²) in [4.78, 5) is 28.6. The Balaban J connectivity index is 1.45. The second-order valence-corrected chi connectivity index (χ2v) is 9.79. The molecule has 2 aliphatic heterocycles. The molecule has 5 nitrogen and oxygen atoms in total. The average molecular weight is 508 g/mol. The fraction of sp³-hybridized carbons (Fsp3) is 0.360. The standard InChI is InChI=1S/C25H25Cl3N2O3/c1-3-24(31)29-11-16-13-30(14-17(16)12-29)25(32)7-4-15-8-20(22(28)10-23(15)33-2)19-6-5-18(26)9-21(19)27/h3,5-6,8-10,16-17H,1,4,7,11-14H2,2H3. The predicted molar refractivity (Wildman–Crippen MR) is 132 cm³/mol. The number of nitrogens with zero attached hydrogens (tertiary/aromatic N) is 2. The van der Waals surface area contributed by atoms with Crippen LogP contribution in [0.15, 0.2) is 43.0 Å². The summed E-state index contributed by atoms with van der Waals surface area (Å²) in [6, 6.07) is 8.96. The van der Waals surface area contributed by atoms with Gasteiger partial charge in [0.05, 0.1) is 12.1 Å². The minimum Gasteiger partial charge on any atom is -0.496 e. The molecule has 0 saturated carbocycles. The number of amides is 2. The van der Waals surface area contributed by atoms with Crippen LogP contribution in [0.4, 0.5) is 0 Å². The zero-order valence-corrected chi connectivity index (χ0v) is 20.6. The summed E-state index contributed by atoms with van der Waals surface area (Å²) in [6.07, 6.45) is 2.24. The highest BCUT2D eigenvalue weighted by atomic mass is 35.5. The van der Waals surface area contributed by atoms with Gasteiger partial charge in [-0.25, -0.2) is 0 Å². The summed E-state index contributed by atoms with van der Waals surface area (Å²) in [5, 5.41) is 1.56. The first-order valence-electron chi connectivity index (χ1n) is 10.8. The van der Waals surface area contributed by atoms with E-state index in [0.29, 0.717) is 71.7 Å². The lowest BCUT2D eigenvalue weighted by atomic mass is 9.99. The summed E-state index contributed by atoms with van der Waals surface area (Å²) in [5.41, 5.74) is 2.43. The Hall–Kier alpha value is -2.21. The van der Waals surface area contributed by atoms with Gasteiger partial charge in [-0.05, 0) is 42.3 Å². The topological polar surface area (TPSA) is 49.9 Å². The van der Waals surface area contributed by atoms with Crippen molar-refractivity contribution >= 4 is 46.6 Å². The van der Waals surface area contributed by atoms with Crippen LogP contribution in [0, 0.1) is 11.8 Å². The van der Waals surface area contributed by atoms with Crippen LogP contribution in [0.25, 0.3) is 11.1 Å². The molecule has 0 bridgehead atoms. The molecule has 2 heterocycles. The molecule has 2 fully saturated rings. The van der Waals surface area contributed by atoms with E-state index in [2.05, 4.69) is 6.58 Å². The fourth-order valence-corrected chi connectivity index (χ4v) is 5.57. The Labute approximate surface area is 208 Å². The maximum atomic E-state index is 13.0. The third-order valence-electron chi connectivity index (χ3n) is 6.52. The zero-order chi connectivity index (χ0) is 23.7. The molecule has 8 heteroatoms. The highest BCUT2D eigenvalue weighted by Crippen LogP contribution is 2.39. The van der Waals surface area contributed by atoms with E-state index in [9.17, 15) is 9.59 Å². The van der Waals surface area contributed by atoms with Crippen molar-refractivity contribution in [2.24, 2.45) is 11.8 Å². The number of carbonyl (C=O) groups is 2. The van der Waals surface area contributed by atoms with Crippen molar-refractivity contribution in [3.05, 3.63) is 63.6 Å². The van der Waals surface area contributed by atoms with Crippen molar-refractivity contribution in [1.82, 2.24) is 9.80 Å². The highest BCUT2D eigenvalue weighted by molar-refractivity contribution is 6.38. The number of benzene rings is 2. The van der Waals surface area contributed by atoms with Gasteiger partial charge in [0.1, 0.15) is 5.75 Å². The molecule has 0 aliphatic carbocycles. The third kappa shape index (κ3) is 5.01. The van der Waals surface area contributed by atoms with Crippen molar-refractivity contribution < 1.29 is 14.3 Å². The van der Waals surface area contributed by atoms with E-state index in [4.69, 9.17) is 39.5 Å². The quantitative estimate of drug-likeness (QED) is 0.495. The summed E-state index contributed by atoms with van der Waals surface area (Å²) >= 11 is 18.9. The number of halogens is 3. The Kier molecular flexibility index (Phi) is 7.22. The second-order valence-electron chi connectivity index (χ2n) is 8.53. The number of aryl methyl sites for hydroxylation is 1. The largest absolute Gasteiger partial charge is 0.496 e. The molecular weight excluding hydrogens is 483 g/mol. The first kappa shape index (κ1) is 23.9. The zero-order valence-electron chi connectivity index (χ0n) is 18.3. The van der Waals surface area contributed by atoms with E-state index in [1.165, 1.54) is 6.08 Å². The maximum Gasteiger partial charge on any atom is 0.245 e. The molecule has 2 aliphatic rings. The van der Waals surface area contributed by atoms with E-state index in [0.717, 1.165) is 16.7 Å². The van der Waals surface area contributed by atoms with Gasteiger partial charge >= 0.3 is 0 Å². The second kappa shape index (κ2) is 9.96. The van der Waals surface area contributed by atoms with Crippen molar-refractivity contribution in [2.75, 3.05) is 33.3 Å². The molecule has 33 heavy (non-hydrogen) atoms. The van der Waals surface area contributed by atoms with Crippen molar-refractivity contribution in [3.8, 4) is 16.9 Å². The molecule has 174 valence electrons. The molecule has 2 aromatic rings. The average Bonchev–Trinajstić information content (AvgIpc) is 3.37. The summed E-state index contributed by atoms with van der Waals surface area (Å²) < 4.78 is 5.52. The van der Waals surface area contributed by atoms with Crippen molar-refractivity contribution in [1.29, 1.82) is 0 Å². The van der Waals surface area contributed by atoms with E-state index in [1.807, 2.05) is 21.9 Å². The Bertz CT molecular complexity index is 1090. The molecule has 2 saturated heterocycles. The van der Waals surface area contributed by atoms with Crippen LogP contribution in [-0.2, 0) is 16.0 Å². The first-order valence-corrected chi connectivity index (χ1v) is 11.9. The van der Waals surface area contributed by atoms with Gasteiger partial charge < -0.3 is 14.5 Å². The van der Waals surface area contributed by atoms with E-state index < -0.39 is 0 Å². The summed E-state index contributed by atoms with van der Waals surface area (Å²) in [7, 11) is 1.59. The minimum atomic E-state index is -0.0336. The molecule has 0 N–H and O–H groups in total. The number of hydrogen-bond acceptors (Lipinski definition) is 3.